The van der Waals surface area contributed by atoms with E-state index < -0.39 is 13.3 Å². The topological polar surface area (TPSA) is 52.6 Å². The second-order valence-electron chi connectivity index (χ2n) is 6.38. The molecule has 0 saturated heterocycles. The van der Waals surface area contributed by atoms with Crippen molar-refractivity contribution in [2.75, 3.05) is 13.2 Å². The monoisotopic (exact) mass is 288 g/mol. The van der Waals surface area contributed by atoms with Crippen molar-refractivity contribution < 1.29 is 18.4 Å². The van der Waals surface area contributed by atoms with E-state index in [4.69, 9.17) is 9.05 Å². The number of hydrogen-bond acceptors (Lipinski definition) is 4. The minimum atomic E-state index is -3.34. The molecule has 2 aliphatic rings. The summed E-state index contributed by atoms with van der Waals surface area (Å²) in [7, 11) is -3.34. The maximum Gasteiger partial charge on any atom is 0.341 e. The van der Waals surface area contributed by atoms with E-state index in [9.17, 15) is 9.36 Å². The molecule has 2 aliphatic carbocycles. The Bertz CT molecular complexity index is 421. The first-order valence-corrected chi connectivity index (χ1v) is 8.79. The zero-order valence-electron chi connectivity index (χ0n) is 12.6. The van der Waals surface area contributed by atoms with Crippen LogP contribution in [-0.4, -0.2) is 24.7 Å². The third-order valence-corrected chi connectivity index (χ3v) is 7.97. The quantitative estimate of drug-likeness (QED) is 0.725. The van der Waals surface area contributed by atoms with Gasteiger partial charge in [-0.15, -0.1) is 0 Å². The molecule has 0 aliphatic heterocycles. The van der Waals surface area contributed by atoms with E-state index in [1.54, 1.807) is 13.8 Å². The van der Waals surface area contributed by atoms with E-state index in [-0.39, 0.29) is 22.5 Å². The summed E-state index contributed by atoms with van der Waals surface area (Å²) >= 11 is 0. The van der Waals surface area contributed by atoms with Gasteiger partial charge in [-0.3, -0.25) is 9.36 Å². The SMILES string of the molecule is CCOP(=O)(OCC)C1C(=O)C2(C)CCC1C2(C)C. The highest BCUT2D eigenvalue weighted by Gasteiger charge is 2.70. The lowest BCUT2D eigenvalue weighted by Crippen LogP contribution is -2.35. The van der Waals surface area contributed by atoms with Crippen LogP contribution in [0.4, 0.5) is 0 Å². The van der Waals surface area contributed by atoms with E-state index in [1.165, 1.54) is 0 Å². The van der Waals surface area contributed by atoms with Crippen molar-refractivity contribution in [1.29, 1.82) is 0 Å². The highest BCUT2D eigenvalue weighted by molar-refractivity contribution is 7.55. The molecule has 5 heteroatoms. The van der Waals surface area contributed by atoms with Crippen molar-refractivity contribution in [2.24, 2.45) is 16.7 Å². The summed E-state index contributed by atoms with van der Waals surface area (Å²) in [6.45, 7) is 10.4. The van der Waals surface area contributed by atoms with Crippen LogP contribution in [0.2, 0.25) is 0 Å². The average molecular weight is 288 g/mol. The highest BCUT2D eigenvalue weighted by atomic mass is 31.2. The van der Waals surface area contributed by atoms with Gasteiger partial charge in [0, 0.05) is 5.41 Å². The van der Waals surface area contributed by atoms with Crippen LogP contribution >= 0.6 is 7.60 Å². The number of hydrogen-bond donors (Lipinski definition) is 0. The van der Waals surface area contributed by atoms with Gasteiger partial charge in [-0.1, -0.05) is 20.8 Å². The minimum Gasteiger partial charge on any atom is -0.308 e. The molecule has 4 nitrogen and oxygen atoms in total. The maximum absolute atomic E-state index is 13.0. The van der Waals surface area contributed by atoms with Gasteiger partial charge in [-0.2, -0.15) is 0 Å². The zero-order valence-corrected chi connectivity index (χ0v) is 13.5. The Morgan fingerprint density at radius 2 is 1.74 bits per heavy atom. The third kappa shape index (κ3) is 1.87. The fraction of sp³-hybridized carbons (Fsp3) is 0.929. The lowest BCUT2D eigenvalue weighted by atomic mass is 9.70. The molecule has 19 heavy (non-hydrogen) atoms. The van der Waals surface area contributed by atoms with Crippen LogP contribution < -0.4 is 0 Å². The van der Waals surface area contributed by atoms with Crippen LogP contribution in [0.3, 0.4) is 0 Å². The molecular weight excluding hydrogens is 263 g/mol. The van der Waals surface area contributed by atoms with Crippen molar-refractivity contribution in [2.45, 2.75) is 53.1 Å². The van der Waals surface area contributed by atoms with Gasteiger partial charge < -0.3 is 9.05 Å². The van der Waals surface area contributed by atoms with E-state index >= 15 is 0 Å². The summed E-state index contributed by atoms with van der Waals surface area (Å²) in [5.41, 5.74) is -1.08. The molecule has 3 atom stereocenters. The van der Waals surface area contributed by atoms with Gasteiger partial charge >= 0.3 is 7.60 Å². The number of carbonyl (C=O) groups excluding carboxylic acids is 1. The fourth-order valence-corrected chi connectivity index (χ4v) is 6.61. The number of rotatable bonds is 5. The molecule has 0 aromatic rings. The molecule has 2 fully saturated rings. The molecular formula is C14H25O4P. The van der Waals surface area contributed by atoms with Crippen molar-refractivity contribution in [3.63, 3.8) is 0 Å². The highest BCUT2D eigenvalue weighted by Crippen LogP contribution is 2.72. The summed E-state index contributed by atoms with van der Waals surface area (Å²) in [4.78, 5) is 12.8. The summed E-state index contributed by atoms with van der Waals surface area (Å²) in [5.74, 6) is 0.188. The lowest BCUT2D eigenvalue weighted by Gasteiger charge is -2.32. The van der Waals surface area contributed by atoms with E-state index in [1.807, 2.05) is 6.92 Å². The molecule has 3 unspecified atom stereocenters. The van der Waals surface area contributed by atoms with Crippen molar-refractivity contribution in [3.8, 4) is 0 Å². The molecule has 0 N–H and O–H groups in total. The van der Waals surface area contributed by atoms with Gasteiger partial charge in [0.1, 0.15) is 5.66 Å². The summed E-state index contributed by atoms with van der Waals surface area (Å²) < 4.78 is 23.8. The predicted molar refractivity (Wildman–Crippen MR) is 74.3 cm³/mol. The first-order chi connectivity index (χ1) is 8.74. The number of Topliss-reactive ketones (excluding diaryl/α,β-unsaturated/α-hetero) is 1. The number of fused-ring (bicyclic) bond motifs is 2. The van der Waals surface area contributed by atoms with Gasteiger partial charge in [0.15, 0.2) is 5.78 Å². The Labute approximate surface area is 115 Å². The van der Waals surface area contributed by atoms with Crippen LogP contribution in [0.25, 0.3) is 0 Å². The van der Waals surface area contributed by atoms with Crippen LogP contribution in [0.1, 0.15) is 47.5 Å². The Balaban J connectivity index is 2.42. The molecule has 2 saturated carbocycles. The first kappa shape index (κ1) is 15.2. The minimum absolute atomic E-state index is 0.0824. The van der Waals surface area contributed by atoms with E-state index in [2.05, 4.69) is 13.8 Å². The van der Waals surface area contributed by atoms with E-state index in [0.29, 0.717) is 13.2 Å². The standard InChI is InChI=1S/C14H25O4P/c1-6-17-19(16,18-7-2)11-10-8-9-14(5,12(11)15)13(10,3)4/h10-11H,6-9H2,1-5H3. The summed E-state index contributed by atoms with van der Waals surface area (Å²) in [5, 5.41) is 0. The van der Waals surface area contributed by atoms with Crippen molar-refractivity contribution in [3.05, 3.63) is 0 Å². The van der Waals surface area contributed by atoms with Crippen LogP contribution in [-0.2, 0) is 18.4 Å². The van der Waals surface area contributed by atoms with Gasteiger partial charge in [-0.05, 0) is 38.0 Å². The zero-order chi connectivity index (χ0) is 14.5. The normalized spacial score (nSPS) is 37.0. The molecule has 0 aromatic carbocycles. The Morgan fingerprint density at radius 1 is 1.21 bits per heavy atom. The molecule has 0 spiro atoms. The fourth-order valence-electron chi connectivity index (χ4n) is 3.96. The Kier molecular flexibility index (Phi) is 3.75. The summed E-state index contributed by atoms with van der Waals surface area (Å²) in [6.07, 6.45) is 1.82. The smallest absolute Gasteiger partial charge is 0.308 e. The third-order valence-electron chi connectivity index (χ3n) is 5.46. The van der Waals surface area contributed by atoms with Gasteiger partial charge in [0.2, 0.25) is 0 Å². The number of ketones is 1. The predicted octanol–water partition coefficient (Wildman–Crippen LogP) is 3.65. The molecule has 0 heterocycles. The van der Waals surface area contributed by atoms with Crippen LogP contribution in [0.15, 0.2) is 0 Å². The molecule has 2 bridgehead atoms. The Hall–Kier alpha value is -0.180. The second-order valence-corrected chi connectivity index (χ2v) is 8.54. The molecule has 0 aromatic heterocycles. The van der Waals surface area contributed by atoms with Crippen LogP contribution in [0.5, 0.6) is 0 Å². The first-order valence-electron chi connectivity index (χ1n) is 7.17. The van der Waals surface area contributed by atoms with Gasteiger partial charge in [0.25, 0.3) is 0 Å². The van der Waals surface area contributed by atoms with Gasteiger partial charge in [0.05, 0.1) is 13.2 Å². The maximum atomic E-state index is 13.0. The molecule has 110 valence electrons. The second kappa shape index (κ2) is 4.68. The Morgan fingerprint density at radius 3 is 2.11 bits per heavy atom. The van der Waals surface area contributed by atoms with E-state index in [0.717, 1.165) is 12.8 Å². The van der Waals surface area contributed by atoms with Gasteiger partial charge in [-0.25, -0.2) is 0 Å². The summed E-state index contributed by atoms with van der Waals surface area (Å²) in [6, 6.07) is 0. The lowest BCUT2D eigenvalue weighted by molar-refractivity contribution is -0.128. The molecule has 0 amide bonds. The average Bonchev–Trinajstić information content (AvgIpc) is 2.61. The van der Waals surface area contributed by atoms with Crippen LogP contribution in [0, 0.1) is 16.7 Å². The van der Waals surface area contributed by atoms with Crippen molar-refractivity contribution >= 4 is 13.4 Å². The molecule has 2 rings (SSSR count). The molecule has 0 radical (unpaired) electrons. The number of carbonyl (C=O) groups is 1. The largest absolute Gasteiger partial charge is 0.341 e. The van der Waals surface area contributed by atoms with Crippen molar-refractivity contribution in [1.82, 2.24) is 0 Å².